The molecule has 1 amide bonds. The van der Waals surface area contributed by atoms with E-state index in [0.717, 1.165) is 5.56 Å². The number of nitrogens with zero attached hydrogens (tertiary/aromatic N) is 2. The number of aromatic nitrogens is 2. The zero-order valence-corrected chi connectivity index (χ0v) is 11.5. The number of carbonyl (C=O) groups excluding carboxylic acids is 1. The zero-order chi connectivity index (χ0) is 14.0. The maximum Gasteiger partial charge on any atom is 0.260 e. The molecule has 1 aromatic carbocycles. The molecule has 1 N–H and O–H groups in total. The third-order valence-corrected chi connectivity index (χ3v) is 2.61. The van der Waals surface area contributed by atoms with E-state index in [1.165, 1.54) is 0 Å². The van der Waals surface area contributed by atoms with Crippen molar-refractivity contribution in [2.24, 2.45) is 5.41 Å². The minimum atomic E-state index is -0.460. The summed E-state index contributed by atoms with van der Waals surface area (Å²) in [5.74, 6) is 0.908. The van der Waals surface area contributed by atoms with Crippen LogP contribution in [-0.4, -0.2) is 16.0 Å². The standard InChI is InChI=1S/C14H17N3O2/c1-9-15-12(19-17-9)10-7-5-6-8-11(10)16-13(18)14(2,3)4/h5-8H,1-4H3,(H,16,18). The average Bonchev–Trinajstić information content (AvgIpc) is 2.75. The molecular formula is C14H17N3O2. The number of carbonyl (C=O) groups is 1. The SMILES string of the molecule is Cc1noc(-c2ccccc2NC(=O)C(C)(C)C)n1. The van der Waals surface area contributed by atoms with Gasteiger partial charge < -0.3 is 9.84 Å². The molecule has 0 spiro atoms. The van der Waals surface area contributed by atoms with Gasteiger partial charge in [0.1, 0.15) is 0 Å². The van der Waals surface area contributed by atoms with Crippen molar-refractivity contribution in [1.82, 2.24) is 10.1 Å². The third-order valence-electron chi connectivity index (χ3n) is 2.61. The first kappa shape index (κ1) is 13.3. The van der Waals surface area contributed by atoms with E-state index in [4.69, 9.17) is 4.52 Å². The number of para-hydroxylation sites is 1. The number of amides is 1. The van der Waals surface area contributed by atoms with Gasteiger partial charge in [-0.1, -0.05) is 38.1 Å². The Morgan fingerprint density at radius 3 is 2.53 bits per heavy atom. The lowest BCUT2D eigenvalue weighted by Crippen LogP contribution is -2.27. The Hall–Kier alpha value is -2.17. The van der Waals surface area contributed by atoms with Gasteiger partial charge in [-0.2, -0.15) is 4.98 Å². The maximum atomic E-state index is 12.0. The summed E-state index contributed by atoms with van der Waals surface area (Å²) in [5, 5.41) is 6.65. The third kappa shape index (κ3) is 2.99. The van der Waals surface area contributed by atoms with Gasteiger partial charge in [0.2, 0.25) is 5.91 Å². The molecule has 1 heterocycles. The molecule has 19 heavy (non-hydrogen) atoms. The number of nitrogens with one attached hydrogen (secondary N) is 1. The minimum absolute atomic E-state index is 0.0591. The lowest BCUT2D eigenvalue weighted by Gasteiger charge is -2.18. The summed E-state index contributed by atoms with van der Waals surface area (Å²) < 4.78 is 5.15. The van der Waals surface area contributed by atoms with Crippen molar-refractivity contribution in [2.45, 2.75) is 27.7 Å². The first-order chi connectivity index (χ1) is 8.88. The van der Waals surface area contributed by atoms with E-state index in [1.54, 1.807) is 6.92 Å². The van der Waals surface area contributed by atoms with Crippen molar-refractivity contribution in [1.29, 1.82) is 0 Å². The monoisotopic (exact) mass is 259 g/mol. The smallest absolute Gasteiger partial charge is 0.260 e. The second-order valence-electron chi connectivity index (χ2n) is 5.40. The van der Waals surface area contributed by atoms with Gasteiger partial charge in [0.05, 0.1) is 11.3 Å². The second kappa shape index (κ2) is 4.84. The van der Waals surface area contributed by atoms with Gasteiger partial charge in [-0.05, 0) is 19.1 Å². The number of anilines is 1. The molecule has 5 nitrogen and oxygen atoms in total. The van der Waals surface area contributed by atoms with Crippen LogP contribution in [0.15, 0.2) is 28.8 Å². The summed E-state index contributed by atoms with van der Waals surface area (Å²) in [5.41, 5.74) is 0.935. The molecule has 2 aromatic rings. The lowest BCUT2D eigenvalue weighted by atomic mass is 9.95. The fraction of sp³-hybridized carbons (Fsp3) is 0.357. The molecule has 0 atom stereocenters. The lowest BCUT2D eigenvalue weighted by molar-refractivity contribution is -0.123. The summed E-state index contributed by atoms with van der Waals surface area (Å²) in [6, 6.07) is 7.37. The Morgan fingerprint density at radius 1 is 1.26 bits per heavy atom. The molecule has 0 fully saturated rings. The van der Waals surface area contributed by atoms with Gasteiger partial charge in [-0.15, -0.1) is 0 Å². The minimum Gasteiger partial charge on any atom is -0.334 e. The van der Waals surface area contributed by atoms with Crippen LogP contribution < -0.4 is 5.32 Å². The number of hydrogen-bond donors (Lipinski definition) is 1. The topological polar surface area (TPSA) is 68.0 Å². The van der Waals surface area contributed by atoms with Crippen LogP contribution in [0.1, 0.15) is 26.6 Å². The quantitative estimate of drug-likeness (QED) is 0.900. The van der Waals surface area contributed by atoms with Gasteiger partial charge in [0.25, 0.3) is 5.89 Å². The van der Waals surface area contributed by atoms with Crippen LogP contribution in [0.25, 0.3) is 11.5 Å². The van der Waals surface area contributed by atoms with E-state index in [0.29, 0.717) is 17.4 Å². The van der Waals surface area contributed by atoms with Crippen LogP contribution >= 0.6 is 0 Å². The largest absolute Gasteiger partial charge is 0.334 e. The molecular weight excluding hydrogens is 242 g/mol. The van der Waals surface area contributed by atoms with Crippen LogP contribution in [0, 0.1) is 12.3 Å². The first-order valence-corrected chi connectivity index (χ1v) is 6.09. The first-order valence-electron chi connectivity index (χ1n) is 6.09. The molecule has 5 heteroatoms. The molecule has 0 aliphatic carbocycles. The normalized spacial score (nSPS) is 11.4. The molecule has 100 valence electrons. The Balaban J connectivity index is 2.35. The highest BCUT2D eigenvalue weighted by Gasteiger charge is 2.22. The van der Waals surface area contributed by atoms with E-state index >= 15 is 0 Å². The van der Waals surface area contributed by atoms with Crippen LogP contribution in [0.2, 0.25) is 0 Å². The summed E-state index contributed by atoms with van der Waals surface area (Å²) in [7, 11) is 0. The van der Waals surface area contributed by atoms with E-state index in [1.807, 2.05) is 45.0 Å². The highest BCUT2D eigenvalue weighted by molar-refractivity contribution is 5.97. The van der Waals surface area contributed by atoms with Gasteiger partial charge in [-0.3, -0.25) is 4.79 Å². The number of hydrogen-bond acceptors (Lipinski definition) is 4. The van der Waals surface area contributed by atoms with Crippen molar-refractivity contribution >= 4 is 11.6 Å². The highest BCUT2D eigenvalue weighted by atomic mass is 16.5. The molecule has 0 saturated carbocycles. The Kier molecular flexibility index (Phi) is 3.38. The van der Waals surface area contributed by atoms with Crippen LogP contribution in [0.5, 0.6) is 0 Å². The van der Waals surface area contributed by atoms with E-state index in [-0.39, 0.29) is 5.91 Å². The number of benzene rings is 1. The molecule has 0 bridgehead atoms. The fourth-order valence-electron chi connectivity index (χ4n) is 1.49. The van der Waals surface area contributed by atoms with E-state index in [9.17, 15) is 4.79 Å². The molecule has 0 radical (unpaired) electrons. The second-order valence-corrected chi connectivity index (χ2v) is 5.40. The Labute approximate surface area is 112 Å². The predicted octanol–water partition coefficient (Wildman–Crippen LogP) is 3.03. The van der Waals surface area contributed by atoms with E-state index < -0.39 is 5.41 Å². The van der Waals surface area contributed by atoms with Crippen molar-refractivity contribution in [3.05, 3.63) is 30.1 Å². The number of rotatable bonds is 2. The average molecular weight is 259 g/mol. The molecule has 0 aliphatic rings. The molecule has 0 unspecified atom stereocenters. The van der Waals surface area contributed by atoms with Crippen LogP contribution in [-0.2, 0) is 4.79 Å². The summed E-state index contributed by atoms with van der Waals surface area (Å²) in [6.45, 7) is 7.34. The summed E-state index contributed by atoms with van der Waals surface area (Å²) in [4.78, 5) is 16.2. The molecule has 0 saturated heterocycles. The molecule has 0 aliphatic heterocycles. The predicted molar refractivity (Wildman–Crippen MR) is 72.6 cm³/mol. The summed E-state index contributed by atoms with van der Waals surface area (Å²) in [6.07, 6.45) is 0. The van der Waals surface area contributed by atoms with Gasteiger partial charge in [-0.25, -0.2) is 0 Å². The summed E-state index contributed by atoms with van der Waals surface area (Å²) >= 11 is 0. The number of aryl methyl sites for hydroxylation is 1. The molecule has 2 rings (SSSR count). The van der Waals surface area contributed by atoms with Gasteiger partial charge in [0.15, 0.2) is 5.82 Å². The molecule has 1 aromatic heterocycles. The fourth-order valence-corrected chi connectivity index (χ4v) is 1.49. The zero-order valence-electron chi connectivity index (χ0n) is 11.5. The Bertz CT molecular complexity index is 597. The maximum absolute atomic E-state index is 12.0. The van der Waals surface area contributed by atoms with Crippen molar-refractivity contribution in [3.8, 4) is 11.5 Å². The van der Waals surface area contributed by atoms with Crippen LogP contribution in [0.3, 0.4) is 0 Å². The highest BCUT2D eigenvalue weighted by Crippen LogP contribution is 2.27. The van der Waals surface area contributed by atoms with E-state index in [2.05, 4.69) is 15.5 Å². The van der Waals surface area contributed by atoms with Gasteiger partial charge >= 0.3 is 0 Å². The van der Waals surface area contributed by atoms with Crippen molar-refractivity contribution < 1.29 is 9.32 Å². The Morgan fingerprint density at radius 2 is 1.95 bits per heavy atom. The van der Waals surface area contributed by atoms with Crippen molar-refractivity contribution in [3.63, 3.8) is 0 Å². The van der Waals surface area contributed by atoms with Gasteiger partial charge in [0, 0.05) is 5.41 Å². The van der Waals surface area contributed by atoms with Crippen molar-refractivity contribution in [2.75, 3.05) is 5.32 Å². The van der Waals surface area contributed by atoms with Crippen LogP contribution in [0.4, 0.5) is 5.69 Å².